The third-order valence-electron chi connectivity index (χ3n) is 7.26. The van der Waals surface area contributed by atoms with Crippen molar-refractivity contribution in [3.8, 4) is 11.8 Å². The Morgan fingerprint density at radius 3 is 2.42 bits per heavy atom. The van der Waals surface area contributed by atoms with Crippen LogP contribution in [0, 0.1) is 11.8 Å². The van der Waals surface area contributed by atoms with Crippen molar-refractivity contribution >= 4 is 43.7 Å². The van der Waals surface area contributed by atoms with Crippen molar-refractivity contribution in [2.45, 2.75) is 43.9 Å². The summed E-state index contributed by atoms with van der Waals surface area (Å²) in [5.41, 5.74) is 3.50. The smallest absolute Gasteiger partial charge is 0.235 e. The summed E-state index contributed by atoms with van der Waals surface area (Å²) in [5, 5.41) is 7.99. The van der Waals surface area contributed by atoms with E-state index in [1.807, 2.05) is 44.2 Å². The fourth-order valence-corrected chi connectivity index (χ4v) is 5.77. The van der Waals surface area contributed by atoms with E-state index in [0.717, 1.165) is 46.1 Å². The Morgan fingerprint density at radius 1 is 0.947 bits per heavy atom. The molecule has 192 valence electrons. The van der Waals surface area contributed by atoms with Gasteiger partial charge in [-0.3, -0.25) is 4.79 Å². The molecule has 0 unspecified atom stereocenters. The van der Waals surface area contributed by atoms with Crippen LogP contribution in [-0.2, 0) is 20.0 Å². The van der Waals surface area contributed by atoms with Crippen LogP contribution >= 0.6 is 0 Å². The zero-order valence-electron chi connectivity index (χ0n) is 21.5. The molecular weight excluding hydrogens is 496 g/mol. The lowest BCUT2D eigenvalue weighted by Gasteiger charge is -2.23. The Labute approximate surface area is 222 Å². The molecule has 1 aliphatic heterocycles. The number of nitrogens with one attached hydrogen (secondary N) is 2. The summed E-state index contributed by atoms with van der Waals surface area (Å²) in [4.78, 5) is 22.0. The number of carbonyl (C=O) groups excluding carboxylic acids is 1. The van der Waals surface area contributed by atoms with Crippen molar-refractivity contribution in [1.29, 1.82) is 0 Å². The molecule has 0 fully saturated rings. The molecule has 0 bridgehead atoms. The van der Waals surface area contributed by atoms with Crippen LogP contribution in [-0.4, -0.2) is 30.0 Å². The quantitative estimate of drug-likeness (QED) is 0.320. The van der Waals surface area contributed by atoms with Gasteiger partial charge in [-0.05, 0) is 72.9 Å². The average Bonchev–Trinajstić information content (AvgIpc) is 3.22. The Morgan fingerprint density at radius 2 is 1.71 bits per heavy atom. The molecule has 2 aromatic heterocycles. The molecule has 0 atom stereocenters. The first kappa shape index (κ1) is 25.4. The predicted octanol–water partition coefficient (Wildman–Crippen LogP) is 5.58. The van der Waals surface area contributed by atoms with E-state index in [1.54, 1.807) is 43.6 Å². The van der Waals surface area contributed by atoms with Gasteiger partial charge in [-0.15, -0.1) is 0 Å². The summed E-state index contributed by atoms with van der Waals surface area (Å²) in [5.74, 6) is 7.07. The molecule has 5 rings (SSSR count). The van der Waals surface area contributed by atoms with E-state index in [1.165, 1.54) is 0 Å². The van der Waals surface area contributed by atoms with E-state index in [-0.39, 0.29) is 11.7 Å². The molecular formula is C30H28N4O3S. The Hall–Kier alpha value is -4.22. The lowest BCUT2D eigenvalue weighted by atomic mass is 9.77. The molecule has 38 heavy (non-hydrogen) atoms. The minimum atomic E-state index is -3.25. The van der Waals surface area contributed by atoms with Gasteiger partial charge in [0, 0.05) is 40.1 Å². The number of sulfone groups is 1. The highest BCUT2D eigenvalue weighted by Crippen LogP contribution is 2.42. The summed E-state index contributed by atoms with van der Waals surface area (Å²) in [6.07, 6.45) is 4.95. The second-order valence-electron chi connectivity index (χ2n) is 9.26. The number of anilines is 3. The molecule has 0 radical (unpaired) electrons. The van der Waals surface area contributed by atoms with Gasteiger partial charge in [-0.1, -0.05) is 32.8 Å². The second kappa shape index (κ2) is 9.92. The van der Waals surface area contributed by atoms with Crippen LogP contribution in [0.15, 0.2) is 71.9 Å². The van der Waals surface area contributed by atoms with Gasteiger partial charge in [-0.25, -0.2) is 18.4 Å². The van der Waals surface area contributed by atoms with Gasteiger partial charge in [0.1, 0.15) is 11.5 Å². The zero-order valence-corrected chi connectivity index (χ0v) is 22.3. The number of rotatable bonds is 6. The monoisotopic (exact) mass is 524 g/mol. The molecule has 1 amide bonds. The minimum Gasteiger partial charge on any atom is -0.340 e. The van der Waals surface area contributed by atoms with Crippen molar-refractivity contribution in [3.63, 3.8) is 0 Å². The molecule has 4 aromatic rings. The number of hydrogen-bond acceptors (Lipinski definition) is 6. The molecule has 1 aliphatic rings. The number of carbonyl (C=O) groups is 1. The number of hydrogen-bond donors (Lipinski definition) is 2. The third-order valence-corrected chi connectivity index (χ3v) is 9.01. The first-order valence-corrected chi connectivity index (χ1v) is 14.3. The van der Waals surface area contributed by atoms with Crippen molar-refractivity contribution in [2.24, 2.45) is 0 Å². The highest BCUT2D eigenvalue weighted by atomic mass is 32.2. The number of benzene rings is 2. The van der Waals surface area contributed by atoms with Crippen LogP contribution in [0.5, 0.6) is 0 Å². The van der Waals surface area contributed by atoms with E-state index >= 15 is 0 Å². The van der Waals surface area contributed by atoms with E-state index < -0.39 is 15.3 Å². The third kappa shape index (κ3) is 4.50. The fourth-order valence-electron chi connectivity index (χ4n) is 4.88. The summed E-state index contributed by atoms with van der Waals surface area (Å²) in [6.45, 7) is 5.71. The SMILES string of the molecule is CCC1(CC)C(=O)Nc2cc(C#Cc3nccc4cnc(Nc5ccc(S(=O)(=O)CC)cc5)cc34)ccc21. The second-order valence-corrected chi connectivity index (χ2v) is 11.5. The molecule has 8 heteroatoms. The fraction of sp³-hybridized carbons (Fsp3) is 0.233. The van der Waals surface area contributed by atoms with E-state index in [9.17, 15) is 13.2 Å². The highest BCUT2D eigenvalue weighted by Gasteiger charge is 2.43. The number of fused-ring (bicyclic) bond motifs is 2. The van der Waals surface area contributed by atoms with E-state index in [0.29, 0.717) is 16.4 Å². The number of pyridine rings is 2. The van der Waals surface area contributed by atoms with Crippen LogP contribution in [0.2, 0.25) is 0 Å². The van der Waals surface area contributed by atoms with Gasteiger partial charge < -0.3 is 10.6 Å². The standard InChI is InChI=1S/C30H28N4O3S/c1-4-30(5-2)25-13-7-20(17-27(25)34-29(30)35)8-14-26-24-18-28(32-19-21(24)15-16-31-26)33-22-9-11-23(12-10-22)38(36,37)6-3/h7,9-13,15-19H,4-6H2,1-3H3,(H,32,33)(H,34,35). The zero-order chi connectivity index (χ0) is 26.9. The molecule has 0 aliphatic carbocycles. The van der Waals surface area contributed by atoms with Crippen LogP contribution < -0.4 is 10.6 Å². The Balaban J connectivity index is 1.43. The minimum absolute atomic E-state index is 0.0486. The van der Waals surface area contributed by atoms with Crippen molar-refractivity contribution in [3.05, 3.63) is 83.8 Å². The largest absolute Gasteiger partial charge is 0.340 e. The van der Waals surface area contributed by atoms with Crippen LogP contribution in [0.3, 0.4) is 0 Å². The lowest BCUT2D eigenvalue weighted by Crippen LogP contribution is -2.32. The highest BCUT2D eigenvalue weighted by molar-refractivity contribution is 7.91. The summed E-state index contributed by atoms with van der Waals surface area (Å²) >= 11 is 0. The first-order chi connectivity index (χ1) is 18.3. The van der Waals surface area contributed by atoms with Crippen LogP contribution in [0.1, 0.15) is 50.4 Å². The number of amides is 1. The molecule has 0 saturated heterocycles. The van der Waals surface area contributed by atoms with E-state index in [4.69, 9.17) is 0 Å². The Kier molecular flexibility index (Phi) is 6.64. The normalized spacial score (nSPS) is 13.9. The number of nitrogens with zero attached hydrogens (tertiary/aromatic N) is 2. The predicted molar refractivity (Wildman–Crippen MR) is 150 cm³/mol. The molecule has 0 saturated carbocycles. The maximum absolute atomic E-state index is 12.7. The Bertz CT molecular complexity index is 1710. The topological polar surface area (TPSA) is 101 Å². The van der Waals surface area contributed by atoms with Gasteiger partial charge in [0.25, 0.3) is 0 Å². The maximum Gasteiger partial charge on any atom is 0.235 e. The number of aromatic nitrogens is 2. The summed E-state index contributed by atoms with van der Waals surface area (Å²) < 4.78 is 24.1. The maximum atomic E-state index is 12.7. The van der Waals surface area contributed by atoms with Gasteiger partial charge in [-0.2, -0.15) is 0 Å². The first-order valence-electron chi connectivity index (χ1n) is 12.6. The molecule has 7 nitrogen and oxygen atoms in total. The molecule has 0 spiro atoms. The molecule has 3 heterocycles. The van der Waals surface area contributed by atoms with Gasteiger partial charge in [0.05, 0.1) is 16.1 Å². The summed E-state index contributed by atoms with van der Waals surface area (Å²) in [7, 11) is -3.25. The lowest BCUT2D eigenvalue weighted by molar-refractivity contribution is -0.121. The van der Waals surface area contributed by atoms with Gasteiger partial charge in [0.2, 0.25) is 5.91 Å². The van der Waals surface area contributed by atoms with Crippen molar-refractivity contribution in [2.75, 3.05) is 16.4 Å². The molecule has 2 aromatic carbocycles. The van der Waals surface area contributed by atoms with E-state index in [2.05, 4.69) is 32.4 Å². The van der Waals surface area contributed by atoms with Gasteiger partial charge in [0.15, 0.2) is 9.84 Å². The molecule has 2 N–H and O–H groups in total. The van der Waals surface area contributed by atoms with Gasteiger partial charge >= 0.3 is 0 Å². The van der Waals surface area contributed by atoms with Crippen molar-refractivity contribution in [1.82, 2.24) is 9.97 Å². The summed E-state index contributed by atoms with van der Waals surface area (Å²) in [6, 6.07) is 16.3. The van der Waals surface area contributed by atoms with Crippen LogP contribution in [0.25, 0.3) is 10.8 Å². The average molecular weight is 525 g/mol. The van der Waals surface area contributed by atoms with Crippen LogP contribution in [0.4, 0.5) is 17.2 Å². The van der Waals surface area contributed by atoms with Crippen molar-refractivity contribution < 1.29 is 13.2 Å².